The normalized spacial score (nSPS) is 16.4. The Morgan fingerprint density at radius 3 is 2.80 bits per heavy atom. The van der Waals surface area contributed by atoms with Gasteiger partial charge >= 0.3 is 0 Å². The van der Waals surface area contributed by atoms with Crippen LogP contribution < -0.4 is 5.73 Å². The molecule has 1 fully saturated rings. The Balaban J connectivity index is 1.61. The first-order valence-corrected chi connectivity index (χ1v) is 8.05. The van der Waals surface area contributed by atoms with Crippen LogP contribution in [0, 0.1) is 0 Å². The highest BCUT2D eigenvalue weighted by molar-refractivity contribution is 7.98. The van der Waals surface area contributed by atoms with Crippen molar-refractivity contribution in [1.29, 1.82) is 0 Å². The molecule has 1 aliphatic carbocycles. The number of thioether (sulfide) groups is 1. The standard InChI is InChI=1S/C14H19N5S/c15-13-14(17-8-7-16-13)20-10-11-6-9-19(18-11)12-4-2-1-3-5-12/h6-9,12H,1-5,10H2,(H2,15,16). The van der Waals surface area contributed by atoms with Gasteiger partial charge in [-0.2, -0.15) is 5.10 Å². The van der Waals surface area contributed by atoms with E-state index in [9.17, 15) is 0 Å². The highest BCUT2D eigenvalue weighted by Gasteiger charge is 2.16. The summed E-state index contributed by atoms with van der Waals surface area (Å²) in [6.07, 6.45) is 11.9. The van der Waals surface area contributed by atoms with Crippen LogP contribution in [0.1, 0.15) is 43.8 Å². The first kappa shape index (κ1) is 13.4. The number of nitrogens with two attached hydrogens (primary N) is 1. The van der Waals surface area contributed by atoms with Crippen molar-refractivity contribution in [2.24, 2.45) is 0 Å². The molecule has 0 saturated heterocycles. The maximum Gasteiger partial charge on any atom is 0.156 e. The molecule has 5 nitrogen and oxygen atoms in total. The summed E-state index contributed by atoms with van der Waals surface area (Å²) in [7, 11) is 0. The fourth-order valence-corrected chi connectivity index (χ4v) is 3.37. The molecular weight excluding hydrogens is 270 g/mol. The minimum absolute atomic E-state index is 0.490. The van der Waals surface area contributed by atoms with Gasteiger partial charge in [0.25, 0.3) is 0 Å². The van der Waals surface area contributed by atoms with Crippen LogP contribution in [0.5, 0.6) is 0 Å². The Hall–Kier alpha value is -1.56. The van der Waals surface area contributed by atoms with Gasteiger partial charge in [0.05, 0.1) is 11.7 Å². The van der Waals surface area contributed by atoms with Crippen LogP contribution in [0.4, 0.5) is 5.82 Å². The maximum atomic E-state index is 5.79. The van der Waals surface area contributed by atoms with Gasteiger partial charge in [-0.3, -0.25) is 4.68 Å². The lowest BCUT2D eigenvalue weighted by molar-refractivity contribution is 0.328. The van der Waals surface area contributed by atoms with E-state index in [0.29, 0.717) is 11.9 Å². The summed E-state index contributed by atoms with van der Waals surface area (Å²) in [6, 6.07) is 2.68. The van der Waals surface area contributed by atoms with Crippen LogP contribution in [0.2, 0.25) is 0 Å². The van der Waals surface area contributed by atoms with Crippen molar-refractivity contribution >= 4 is 17.6 Å². The fourth-order valence-electron chi connectivity index (χ4n) is 2.59. The van der Waals surface area contributed by atoms with E-state index in [0.717, 1.165) is 16.5 Å². The predicted octanol–water partition coefficient (Wildman–Crippen LogP) is 3.05. The van der Waals surface area contributed by atoms with Crippen molar-refractivity contribution in [3.8, 4) is 0 Å². The third-order valence-electron chi connectivity index (χ3n) is 3.66. The highest BCUT2D eigenvalue weighted by atomic mass is 32.2. The van der Waals surface area contributed by atoms with Gasteiger partial charge in [0.1, 0.15) is 5.03 Å². The van der Waals surface area contributed by atoms with E-state index >= 15 is 0 Å². The predicted molar refractivity (Wildman–Crippen MR) is 80.4 cm³/mol. The van der Waals surface area contributed by atoms with Crippen LogP contribution in [0.15, 0.2) is 29.7 Å². The average molecular weight is 289 g/mol. The summed E-state index contributed by atoms with van der Waals surface area (Å²) < 4.78 is 2.13. The van der Waals surface area contributed by atoms with Crippen molar-refractivity contribution in [3.63, 3.8) is 0 Å². The molecule has 20 heavy (non-hydrogen) atoms. The molecule has 0 amide bonds. The summed E-state index contributed by atoms with van der Waals surface area (Å²) in [5, 5.41) is 5.46. The number of nitrogen functional groups attached to an aromatic ring is 1. The fraction of sp³-hybridized carbons (Fsp3) is 0.500. The topological polar surface area (TPSA) is 69.6 Å². The number of rotatable bonds is 4. The van der Waals surface area contributed by atoms with E-state index in [1.54, 1.807) is 24.2 Å². The van der Waals surface area contributed by atoms with E-state index in [2.05, 4.69) is 32.0 Å². The number of aromatic nitrogens is 4. The molecule has 2 aromatic rings. The molecule has 0 unspecified atom stereocenters. The van der Waals surface area contributed by atoms with Crippen molar-refractivity contribution in [3.05, 3.63) is 30.4 Å². The number of hydrogen-bond donors (Lipinski definition) is 1. The van der Waals surface area contributed by atoms with Gasteiger partial charge in [0.2, 0.25) is 0 Å². The van der Waals surface area contributed by atoms with Crippen molar-refractivity contribution in [1.82, 2.24) is 19.7 Å². The second-order valence-corrected chi connectivity index (χ2v) is 6.08. The van der Waals surface area contributed by atoms with Gasteiger partial charge in [0, 0.05) is 24.3 Å². The molecule has 0 spiro atoms. The molecule has 0 aliphatic heterocycles. The zero-order valence-corrected chi connectivity index (χ0v) is 12.2. The van der Waals surface area contributed by atoms with Crippen LogP contribution in [0.3, 0.4) is 0 Å². The van der Waals surface area contributed by atoms with E-state index in [1.165, 1.54) is 32.1 Å². The zero-order valence-electron chi connectivity index (χ0n) is 11.4. The van der Waals surface area contributed by atoms with Gasteiger partial charge in [-0.05, 0) is 18.9 Å². The van der Waals surface area contributed by atoms with Gasteiger partial charge < -0.3 is 5.73 Å². The molecule has 0 radical (unpaired) electrons. The molecular formula is C14H19N5S. The lowest BCUT2D eigenvalue weighted by Crippen LogP contribution is -2.13. The second-order valence-electron chi connectivity index (χ2n) is 5.11. The van der Waals surface area contributed by atoms with E-state index in [1.807, 2.05) is 0 Å². The smallest absolute Gasteiger partial charge is 0.156 e. The first-order valence-electron chi connectivity index (χ1n) is 7.06. The lowest BCUT2D eigenvalue weighted by atomic mass is 9.96. The third kappa shape index (κ3) is 3.12. The molecule has 0 aromatic carbocycles. The summed E-state index contributed by atoms with van der Waals surface area (Å²) in [4.78, 5) is 8.27. The van der Waals surface area contributed by atoms with Gasteiger partial charge in [-0.1, -0.05) is 31.0 Å². The Morgan fingerprint density at radius 1 is 1.20 bits per heavy atom. The molecule has 0 bridgehead atoms. The van der Waals surface area contributed by atoms with Gasteiger partial charge in [-0.25, -0.2) is 9.97 Å². The molecule has 106 valence electrons. The van der Waals surface area contributed by atoms with Gasteiger partial charge in [0.15, 0.2) is 5.82 Å². The highest BCUT2D eigenvalue weighted by Crippen LogP contribution is 2.28. The second kappa shape index (κ2) is 6.26. The maximum absolute atomic E-state index is 5.79. The minimum Gasteiger partial charge on any atom is -0.381 e. The summed E-state index contributed by atoms with van der Waals surface area (Å²) >= 11 is 1.59. The van der Waals surface area contributed by atoms with Crippen LogP contribution in [-0.4, -0.2) is 19.7 Å². The minimum atomic E-state index is 0.490. The Labute approximate surface area is 123 Å². The van der Waals surface area contributed by atoms with Crippen molar-refractivity contribution in [2.75, 3.05) is 5.73 Å². The average Bonchev–Trinajstić information content (AvgIpc) is 2.96. The molecule has 3 rings (SSSR count). The van der Waals surface area contributed by atoms with Crippen molar-refractivity contribution < 1.29 is 0 Å². The number of anilines is 1. The Kier molecular flexibility index (Phi) is 4.20. The third-order valence-corrected chi connectivity index (χ3v) is 4.69. The quantitative estimate of drug-likeness (QED) is 0.876. The number of nitrogens with zero attached hydrogens (tertiary/aromatic N) is 4. The number of hydrogen-bond acceptors (Lipinski definition) is 5. The summed E-state index contributed by atoms with van der Waals surface area (Å²) in [5.74, 6) is 1.27. The summed E-state index contributed by atoms with van der Waals surface area (Å²) in [5.41, 5.74) is 6.86. The monoisotopic (exact) mass is 289 g/mol. The van der Waals surface area contributed by atoms with Crippen LogP contribution >= 0.6 is 11.8 Å². The largest absolute Gasteiger partial charge is 0.381 e. The lowest BCUT2D eigenvalue weighted by Gasteiger charge is -2.21. The van der Waals surface area contributed by atoms with Crippen LogP contribution in [0.25, 0.3) is 0 Å². The SMILES string of the molecule is Nc1nccnc1SCc1ccn(C2CCCCC2)n1. The molecule has 0 atom stereocenters. The molecule has 2 heterocycles. The Morgan fingerprint density at radius 2 is 2.00 bits per heavy atom. The Bertz CT molecular complexity index is 562. The van der Waals surface area contributed by atoms with E-state index < -0.39 is 0 Å². The molecule has 2 aromatic heterocycles. The van der Waals surface area contributed by atoms with Crippen LogP contribution in [-0.2, 0) is 5.75 Å². The first-order chi connectivity index (χ1) is 9.83. The zero-order chi connectivity index (χ0) is 13.8. The molecule has 1 saturated carbocycles. The van der Waals surface area contributed by atoms with E-state index in [-0.39, 0.29) is 0 Å². The molecule has 1 aliphatic rings. The molecule has 6 heteroatoms. The van der Waals surface area contributed by atoms with Crippen molar-refractivity contribution in [2.45, 2.75) is 48.9 Å². The molecule has 2 N–H and O–H groups in total. The summed E-state index contributed by atoms with van der Waals surface area (Å²) in [6.45, 7) is 0. The van der Waals surface area contributed by atoms with Gasteiger partial charge in [-0.15, -0.1) is 0 Å². The van der Waals surface area contributed by atoms with E-state index in [4.69, 9.17) is 5.73 Å².